The summed E-state index contributed by atoms with van der Waals surface area (Å²) in [5.41, 5.74) is 3.18. The van der Waals surface area contributed by atoms with Gasteiger partial charge in [-0.1, -0.05) is 0 Å². The minimum Gasteiger partial charge on any atom is -0.386 e. The maximum absolute atomic E-state index is 11.4. The number of anilines is 1. The van der Waals surface area contributed by atoms with Crippen molar-refractivity contribution in [1.82, 2.24) is 9.88 Å². The van der Waals surface area contributed by atoms with Crippen LogP contribution in [0.5, 0.6) is 0 Å². The number of allylic oxidation sites excluding steroid dienone is 1. The van der Waals surface area contributed by atoms with Crippen LogP contribution >= 0.6 is 0 Å². The van der Waals surface area contributed by atoms with E-state index in [2.05, 4.69) is 21.3 Å². The number of nitrogens with one attached hydrogen (secondary N) is 1. The monoisotopic (exact) mass is 296 g/mol. The van der Waals surface area contributed by atoms with Gasteiger partial charge >= 0.3 is 0 Å². The van der Waals surface area contributed by atoms with Gasteiger partial charge in [0.2, 0.25) is 0 Å². The fourth-order valence-electron chi connectivity index (χ4n) is 3.30. The quantitative estimate of drug-likeness (QED) is 0.525. The predicted octanol–water partition coefficient (Wildman–Crippen LogP) is 2.43. The molecule has 1 aliphatic carbocycles. The van der Waals surface area contributed by atoms with Crippen molar-refractivity contribution in [3.05, 3.63) is 29.6 Å². The van der Waals surface area contributed by atoms with E-state index >= 15 is 0 Å². The van der Waals surface area contributed by atoms with Gasteiger partial charge in [-0.3, -0.25) is 9.78 Å². The molecule has 0 unspecified atom stereocenters. The highest BCUT2D eigenvalue weighted by atomic mass is 16.1. The Morgan fingerprint density at radius 1 is 1.41 bits per heavy atom. The third kappa shape index (κ3) is 2.57. The highest BCUT2D eigenvalue weighted by Crippen LogP contribution is 2.54. The number of aldehydes is 1. The van der Waals surface area contributed by atoms with E-state index in [9.17, 15) is 10.1 Å². The molecule has 1 aromatic rings. The van der Waals surface area contributed by atoms with Gasteiger partial charge < -0.3 is 10.2 Å². The zero-order chi connectivity index (χ0) is 15.6. The molecule has 1 saturated carbocycles. The molecule has 5 heteroatoms. The van der Waals surface area contributed by atoms with Gasteiger partial charge in [-0.25, -0.2) is 0 Å². The number of hydrogen-bond donors (Lipinski definition) is 1. The number of piperidine rings is 1. The van der Waals surface area contributed by atoms with Gasteiger partial charge in [-0.2, -0.15) is 5.26 Å². The van der Waals surface area contributed by atoms with Crippen molar-refractivity contribution in [2.45, 2.75) is 25.7 Å². The number of pyridine rings is 1. The number of carbonyl (C=O) groups is 1. The van der Waals surface area contributed by atoms with Gasteiger partial charge in [-0.05, 0) is 37.2 Å². The molecule has 114 valence electrons. The molecule has 1 spiro atoms. The summed E-state index contributed by atoms with van der Waals surface area (Å²) in [6.07, 6.45) is 9.04. The average molecular weight is 296 g/mol. The zero-order valence-corrected chi connectivity index (χ0v) is 12.8. The van der Waals surface area contributed by atoms with E-state index < -0.39 is 0 Å². The normalized spacial score (nSPS) is 20.1. The lowest BCUT2D eigenvalue weighted by molar-refractivity contribution is -0.104. The van der Waals surface area contributed by atoms with E-state index in [4.69, 9.17) is 0 Å². The summed E-state index contributed by atoms with van der Waals surface area (Å²) in [7, 11) is 1.82. The van der Waals surface area contributed by atoms with Crippen molar-refractivity contribution < 1.29 is 4.79 Å². The Labute approximate surface area is 130 Å². The second-order valence-corrected chi connectivity index (χ2v) is 6.15. The lowest BCUT2D eigenvalue weighted by atomic mass is 9.92. The summed E-state index contributed by atoms with van der Waals surface area (Å²) in [5.74, 6) is 0. The highest BCUT2D eigenvalue weighted by Gasteiger charge is 2.45. The standard InChI is InChI=1S/C17H20N4O/c1-19-15-11-20-7-2-14(15)16(13(10-18)12-22)21-8-5-17(3-4-17)6-9-21/h2,7,11-12,19H,3-6,8-9H2,1H3/b16-13+. The third-order valence-corrected chi connectivity index (χ3v) is 4.94. The molecule has 1 N–H and O–H groups in total. The van der Waals surface area contributed by atoms with Crippen LogP contribution in [0, 0.1) is 16.7 Å². The summed E-state index contributed by atoms with van der Waals surface area (Å²) in [4.78, 5) is 17.7. The van der Waals surface area contributed by atoms with E-state index in [0.717, 1.165) is 42.9 Å². The van der Waals surface area contributed by atoms with E-state index in [0.29, 0.717) is 11.7 Å². The van der Waals surface area contributed by atoms with Gasteiger partial charge in [0, 0.05) is 31.9 Å². The highest BCUT2D eigenvalue weighted by molar-refractivity contribution is 5.94. The molecule has 2 fully saturated rings. The average Bonchev–Trinajstić information content (AvgIpc) is 3.33. The number of aromatic nitrogens is 1. The Morgan fingerprint density at radius 2 is 2.14 bits per heavy atom. The van der Waals surface area contributed by atoms with Crippen LogP contribution in [0.2, 0.25) is 0 Å². The Balaban J connectivity index is 2.00. The van der Waals surface area contributed by atoms with Crippen molar-refractivity contribution in [3.63, 3.8) is 0 Å². The van der Waals surface area contributed by atoms with Gasteiger partial charge in [-0.15, -0.1) is 0 Å². The summed E-state index contributed by atoms with van der Waals surface area (Å²) in [6, 6.07) is 3.92. The second-order valence-electron chi connectivity index (χ2n) is 6.15. The lowest BCUT2D eigenvalue weighted by Crippen LogP contribution is -2.34. The van der Waals surface area contributed by atoms with Crippen molar-refractivity contribution in [3.8, 4) is 6.07 Å². The molecule has 1 aliphatic heterocycles. The zero-order valence-electron chi connectivity index (χ0n) is 12.8. The minimum absolute atomic E-state index is 0.189. The van der Waals surface area contributed by atoms with Crippen LogP contribution in [0.1, 0.15) is 31.2 Å². The maximum Gasteiger partial charge on any atom is 0.162 e. The first-order valence-corrected chi connectivity index (χ1v) is 7.70. The van der Waals surface area contributed by atoms with E-state index in [1.807, 2.05) is 13.1 Å². The lowest BCUT2D eigenvalue weighted by Gasteiger charge is -2.36. The molecule has 0 bridgehead atoms. The minimum atomic E-state index is 0.189. The summed E-state index contributed by atoms with van der Waals surface area (Å²) in [6.45, 7) is 1.81. The summed E-state index contributed by atoms with van der Waals surface area (Å²) in [5, 5.41) is 12.5. The number of carbonyl (C=O) groups excluding carboxylic acids is 1. The van der Waals surface area contributed by atoms with Gasteiger partial charge in [0.15, 0.2) is 6.29 Å². The van der Waals surface area contributed by atoms with E-state index in [-0.39, 0.29) is 5.57 Å². The fourth-order valence-corrected chi connectivity index (χ4v) is 3.30. The first-order valence-electron chi connectivity index (χ1n) is 7.70. The van der Waals surface area contributed by atoms with Crippen molar-refractivity contribution in [2.75, 3.05) is 25.5 Å². The topological polar surface area (TPSA) is 69.0 Å². The molecular weight excluding hydrogens is 276 g/mol. The molecule has 1 saturated heterocycles. The van der Waals surface area contributed by atoms with Gasteiger partial charge in [0.25, 0.3) is 0 Å². The van der Waals surface area contributed by atoms with E-state index in [1.54, 1.807) is 12.4 Å². The number of likely N-dealkylation sites (tertiary alicyclic amines) is 1. The van der Waals surface area contributed by atoms with Gasteiger partial charge in [0.1, 0.15) is 11.6 Å². The smallest absolute Gasteiger partial charge is 0.162 e. The third-order valence-electron chi connectivity index (χ3n) is 4.94. The molecular formula is C17H20N4O. The van der Waals surface area contributed by atoms with E-state index in [1.165, 1.54) is 12.8 Å². The number of nitrogens with zero attached hydrogens (tertiary/aromatic N) is 3. The van der Waals surface area contributed by atoms with Crippen molar-refractivity contribution in [2.24, 2.45) is 5.41 Å². The van der Waals surface area contributed by atoms with Crippen LogP contribution in [-0.2, 0) is 4.79 Å². The molecule has 0 atom stereocenters. The van der Waals surface area contributed by atoms with Crippen molar-refractivity contribution in [1.29, 1.82) is 5.26 Å². The predicted molar refractivity (Wildman–Crippen MR) is 84.9 cm³/mol. The molecule has 0 radical (unpaired) electrons. The maximum atomic E-state index is 11.4. The Bertz CT molecular complexity index is 645. The van der Waals surface area contributed by atoms with Crippen LogP contribution in [0.15, 0.2) is 24.0 Å². The molecule has 0 amide bonds. The van der Waals surface area contributed by atoms with Gasteiger partial charge in [0.05, 0.1) is 17.6 Å². The SMILES string of the molecule is CNc1cnccc1/C(=C(/C#N)C=O)N1CCC2(CC1)CC2. The molecule has 2 heterocycles. The molecule has 22 heavy (non-hydrogen) atoms. The summed E-state index contributed by atoms with van der Waals surface area (Å²) < 4.78 is 0. The number of hydrogen-bond acceptors (Lipinski definition) is 5. The first kappa shape index (κ1) is 14.6. The summed E-state index contributed by atoms with van der Waals surface area (Å²) >= 11 is 0. The second kappa shape index (κ2) is 5.80. The molecule has 3 rings (SSSR count). The molecule has 1 aromatic heterocycles. The van der Waals surface area contributed by atoms with Crippen LogP contribution in [0.3, 0.4) is 0 Å². The van der Waals surface area contributed by atoms with Crippen LogP contribution < -0.4 is 5.32 Å². The van der Waals surface area contributed by atoms with Crippen LogP contribution in [0.25, 0.3) is 5.70 Å². The van der Waals surface area contributed by atoms with Crippen molar-refractivity contribution >= 4 is 17.7 Å². The van der Waals surface area contributed by atoms with Crippen LogP contribution in [-0.4, -0.2) is 36.3 Å². The Kier molecular flexibility index (Phi) is 3.84. The Hall–Kier alpha value is -2.35. The fraction of sp³-hybridized carbons (Fsp3) is 0.471. The number of nitriles is 1. The first-order chi connectivity index (χ1) is 10.7. The van der Waals surface area contributed by atoms with Crippen LogP contribution in [0.4, 0.5) is 5.69 Å². The molecule has 2 aliphatic rings. The number of rotatable bonds is 4. The Morgan fingerprint density at radius 3 is 2.68 bits per heavy atom. The molecule has 0 aromatic carbocycles. The largest absolute Gasteiger partial charge is 0.386 e. The molecule has 5 nitrogen and oxygen atoms in total.